The first-order chi connectivity index (χ1) is 13.8. The summed E-state index contributed by atoms with van der Waals surface area (Å²) in [6, 6.07) is 13.8. The highest BCUT2D eigenvalue weighted by Crippen LogP contribution is 2.40. The molecule has 0 aliphatic carbocycles. The van der Waals surface area contributed by atoms with Gasteiger partial charge in [-0.2, -0.15) is 8.78 Å². The van der Waals surface area contributed by atoms with Crippen molar-refractivity contribution in [2.24, 2.45) is 0 Å². The third kappa shape index (κ3) is 4.79. The number of halogens is 4. The van der Waals surface area contributed by atoms with E-state index >= 15 is 0 Å². The Hall–Kier alpha value is -2.81. The topological polar surface area (TPSA) is 44.2 Å². The minimum atomic E-state index is -4.29. The van der Waals surface area contributed by atoms with Gasteiger partial charge in [0.1, 0.15) is 11.5 Å². The van der Waals surface area contributed by atoms with Gasteiger partial charge in [-0.05, 0) is 53.7 Å². The second kappa shape index (κ2) is 8.69. The van der Waals surface area contributed by atoms with E-state index in [0.29, 0.717) is 33.9 Å². The molecule has 1 heterocycles. The summed E-state index contributed by atoms with van der Waals surface area (Å²) in [5.74, 6) is 1.25. The first-order valence-corrected chi connectivity index (χ1v) is 9.16. The van der Waals surface area contributed by atoms with Crippen LogP contribution in [0.15, 0.2) is 59.9 Å². The van der Waals surface area contributed by atoms with Crippen molar-refractivity contribution in [3.05, 3.63) is 54.7 Å². The molecule has 152 valence electrons. The van der Waals surface area contributed by atoms with Gasteiger partial charge in [-0.15, -0.1) is 0 Å². The summed E-state index contributed by atoms with van der Waals surface area (Å²) in [6.07, 6.45) is -2.49. The number of methoxy groups -OCH3 is 2. The molecular formula is C20H16F4N2O2S. The highest BCUT2D eigenvalue weighted by atomic mass is 32.2. The third-order valence-electron chi connectivity index (χ3n) is 4.01. The Morgan fingerprint density at radius 3 is 1.86 bits per heavy atom. The Kier molecular flexibility index (Phi) is 6.26. The summed E-state index contributed by atoms with van der Waals surface area (Å²) in [5.41, 5.74) is 2.21. The summed E-state index contributed by atoms with van der Waals surface area (Å²) < 4.78 is 62.4. The fourth-order valence-electron chi connectivity index (χ4n) is 2.53. The first-order valence-electron chi connectivity index (χ1n) is 8.35. The number of hydrogen-bond donors (Lipinski definition) is 0. The minimum Gasteiger partial charge on any atom is -0.497 e. The molecule has 2 aromatic carbocycles. The van der Waals surface area contributed by atoms with E-state index in [1.165, 1.54) is 20.4 Å². The molecule has 0 N–H and O–H groups in total. The smallest absolute Gasteiger partial charge is 0.360 e. The van der Waals surface area contributed by atoms with E-state index in [-0.39, 0.29) is 11.8 Å². The van der Waals surface area contributed by atoms with E-state index in [9.17, 15) is 17.6 Å². The van der Waals surface area contributed by atoms with Gasteiger partial charge < -0.3 is 9.47 Å². The quantitative estimate of drug-likeness (QED) is 0.273. The van der Waals surface area contributed by atoms with Crippen LogP contribution >= 0.6 is 11.8 Å². The van der Waals surface area contributed by atoms with Crippen molar-refractivity contribution < 1.29 is 27.0 Å². The van der Waals surface area contributed by atoms with Crippen molar-refractivity contribution in [1.29, 1.82) is 0 Å². The summed E-state index contributed by atoms with van der Waals surface area (Å²) in [6.45, 7) is 0. The van der Waals surface area contributed by atoms with Gasteiger partial charge in [-0.1, -0.05) is 12.1 Å². The molecule has 0 amide bonds. The zero-order valence-corrected chi connectivity index (χ0v) is 16.2. The van der Waals surface area contributed by atoms with Crippen molar-refractivity contribution >= 4 is 11.8 Å². The van der Waals surface area contributed by atoms with E-state index in [2.05, 4.69) is 9.97 Å². The number of ether oxygens (including phenoxy) is 2. The van der Waals surface area contributed by atoms with Crippen LogP contribution < -0.4 is 9.47 Å². The first kappa shape index (κ1) is 20.9. The molecule has 29 heavy (non-hydrogen) atoms. The van der Waals surface area contributed by atoms with Crippen LogP contribution in [0.1, 0.15) is 0 Å². The molecule has 3 aromatic rings. The monoisotopic (exact) mass is 424 g/mol. The highest BCUT2D eigenvalue weighted by Gasteiger charge is 2.43. The molecular weight excluding hydrogens is 408 g/mol. The van der Waals surface area contributed by atoms with Crippen LogP contribution in [0.2, 0.25) is 0 Å². The van der Waals surface area contributed by atoms with Crippen molar-refractivity contribution in [1.82, 2.24) is 9.97 Å². The van der Waals surface area contributed by atoms with E-state index in [1.54, 1.807) is 48.5 Å². The van der Waals surface area contributed by atoms with Crippen LogP contribution in [0, 0.1) is 0 Å². The van der Waals surface area contributed by atoms with E-state index in [0.717, 1.165) is 0 Å². The molecule has 0 aliphatic rings. The molecule has 9 heteroatoms. The predicted molar refractivity (Wildman–Crippen MR) is 103 cm³/mol. The van der Waals surface area contributed by atoms with Gasteiger partial charge in [0.25, 0.3) is 0 Å². The van der Waals surface area contributed by atoms with Gasteiger partial charge in [0.2, 0.25) is 0 Å². The van der Waals surface area contributed by atoms with Crippen molar-refractivity contribution in [3.63, 3.8) is 0 Å². The van der Waals surface area contributed by atoms with Gasteiger partial charge >= 0.3 is 11.7 Å². The van der Waals surface area contributed by atoms with Crippen molar-refractivity contribution in [3.8, 4) is 33.9 Å². The van der Waals surface area contributed by atoms with Crippen LogP contribution in [0.5, 0.6) is 11.5 Å². The van der Waals surface area contributed by atoms with E-state index < -0.39 is 16.8 Å². The Morgan fingerprint density at radius 1 is 0.862 bits per heavy atom. The second-order valence-corrected chi connectivity index (χ2v) is 6.95. The molecule has 4 nitrogen and oxygen atoms in total. The van der Waals surface area contributed by atoms with Gasteiger partial charge in [-0.3, -0.25) is 0 Å². The Balaban J connectivity index is 2.08. The van der Waals surface area contributed by atoms with Crippen LogP contribution in [-0.2, 0) is 0 Å². The lowest BCUT2D eigenvalue weighted by Crippen LogP contribution is -2.22. The Morgan fingerprint density at radius 2 is 1.38 bits per heavy atom. The molecule has 0 atom stereocenters. The molecule has 0 saturated carbocycles. The molecule has 1 aromatic heterocycles. The number of nitrogens with zero attached hydrogens (tertiary/aromatic N) is 2. The summed E-state index contributed by atoms with van der Waals surface area (Å²) in [4.78, 5) is 8.02. The van der Waals surface area contributed by atoms with Crippen LogP contribution in [-0.4, -0.2) is 35.9 Å². The predicted octanol–water partition coefficient (Wildman–Crippen LogP) is 5.78. The maximum absolute atomic E-state index is 13.5. The molecule has 0 fully saturated rings. The second-order valence-electron chi connectivity index (χ2n) is 5.84. The Bertz CT molecular complexity index is 967. The normalized spacial score (nSPS) is 11.6. The fraction of sp³-hybridized carbons (Fsp3) is 0.200. The average Bonchev–Trinajstić information content (AvgIpc) is 2.73. The van der Waals surface area contributed by atoms with Gasteiger partial charge in [-0.25, -0.2) is 18.7 Å². The molecule has 0 radical (unpaired) electrons. The highest BCUT2D eigenvalue weighted by molar-refractivity contribution is 8.00. The number of thioether (sulfide) groups is 1. The summed E-state index contributed by atoms with van der Waals surface area (Å²) in [5, 5.41) is -4.74. The molecule has 3 rings (SSSR count). The van der Waals surface area contributed by atoms with Gasteiger partial charge in [0.15, 0.2) is 5.16 Å². The Labute approximate surface area is 168 Å². The zero-order chi connectivity index (χ0) is 21.0. The lowest BCUT2D eigenvalue weighted by Gasteiger charge is -2.15. The number of aromatic nitrogens is 2. The van der Waals surface area contributed by atoms with Crippen LogP contribution in [0.3, 0.4) is 0 Å². The number of hydrogen-bond acceptors (Lipinski definition) is 5. The fourth-order valence-corrected chi connectivity index (χ4v) is 3.11. The molecule has 0 spiro atoms. The van der Waals surface area contributed by atoms with Crippen LogP contribution in [0.25, 0.3) is 22.4 Å². The maximum atomic E-state index is 13.5. The number of alkyl halides is 4. The molecule has 0 bridgehead atoms. The number of rotatable bonds is 7. The zero-order valence-electron chi connectivity index (χ0n) is 15.4. The summed E-state index contributed by atoms with van der Waals surface area (Å²) >= 11 is -0.370. The summed E-state index contributed by atoms with van der Waals surface area (Å²) in [7, 11) is 3.06. The van der Waals surface area contributed by atoms with E-state index in [1.807, 2.05) is 0 Å². The van der Waals surface area contributed by atoms with Crippen molar-refractivity contribution in [2.75, 3.05) is 14.2 Å². The third-order valence-corrected chi connectivity index (χ3v) is 4.84. The molecule has 0 aliphatic heterocycles. The molecule has 0 saturated heterocycles. The lowest BCUT2D eigenvalue weighted by atomic mass is 10.0. The number of benzene rings is 2. The largest absolute Gasteiger partial charge is 0.497 e. The minimum absolute atomic E-state index is 0.334. The van der Waals surface area contributed by atoms with Crippen molar-refractivity contribution in [2.45, 2.75) is 16.8 Å². The van der Waals surface area contributed by atoms with Gasteiger partial charge in [0.05, 0.1) is 19.9 Å². The standard InChI is InChI=1S/C20H16F4N2O2S/c1-27-14-7-3-12(4-8-14)16-11-25-19(29-20(23,24)18(21)22)26-17(16)13-5-9-15(28-2)10-6-13/h3-11,18H,1-2H3. The van der Waals surface area contributed by atoms with Gasteiger partial charge in [0, 0.05) is 17.3 Å². The SMILES string of the molecule is COc1ccc(-c2cnc(SC(F)(F)C(F)F)nc2-c2ccc(OC)cc2)cc1. The lowest BCUT2D eigenvalue weighted by molar-refractivity contribution is -0.0565. The average molecular weight is 424 g/mol. The maximum Gasteiger partial charge on any atom is 0.360 e. The van der Waals surface area contributed by atoms with E-state index in [4.69, 9.17) is 9.47 Å². The molecule has 0 unspecified atom stereocenters. The van der Waals surface area contributed by atoms with Crippen LogP contribution in [0.4, 0.5) is 17.6 Å².